The Hall–Kier alpha value is -2.54. The van der Waals surface area contributed by atoms with Crippen molar-refractivity contribution in [1.82, 2.24) is 4.98 Å². The van der Waals surface area contributed by atoms with E-state index in [1.165, 1.54) is 18.3 Å². The molecule has 0 radical (unpaired) electrons. The fourth-order valence-corrected chi connectivity index (χ4v) is 3.39. The summed E-state index contributed by atoms with van der Waals surface area (Å²) in [5, 5.41) is 7.58. The summed E-state index contributed by atoms with van der Waals surface area (Å²) >= 11 is 1.22. The van der Waals surface area contributed by atoms with Crippen LogP contribution in [-0.4, -0.2) is 22.6 Å². The number of amides is 2. The molecule has 24 heavy (non-hydrogen) atoms. The Morgan fingerprint density at radius 1 is 1.38 bits per heavy atom. The molecule has 0 unspecified atom stereocenters. The molecule has 1 aromatic carbocycles. The molecule has 7 heteroatoms. The number of aromatic nitrogens is 1. The van der Waals surface area contributed by atoms with E-state index in [0.29, 0.717) is 23.7 Å². The van der Waals surface area contributed by atoms with Crippen molar-refractivity contribution >= 4 is 39.8 Å². The number of hydrogen-bond donors (Lipinski definition) is 2. The third-order valence-corrected chi connectivity index (χ3v) is 4.70. The van der Waals surface area contributed by atoms with E-state index in [2.05, 4.69) is 15.6 Å². The van der Waals surface area contributed by atoms with Gasteiger partial charge in [-0.1, -0.05) is 18.2 Å². The van der Waals surface area contributed by atoms with E-state index in [4.69, 9.17) is 0 Å². The van der Waals surface area contributed by atoms with E-state index in [-0.39, 0.29) is 29.9 Å². The summed E-state index contributed by atoms with van der Waals surface area (Å²) in [4.78, 5) is 39.4. The summed E-state index contributed by atoms with van der Waals surface area (Å²) in [5.41, 5.74) is 2.29. The van der Waals surface area contributed by atoms with E-state index < -0.39 is 0 Å². The number of ketones is 1. The normalized spacial score (nSPS) is 16.2. The predicted molar refractivity (Wildman–Crippen MR) is 92.2 cm³/mol. The minimum absolute atomic E-state index is 0.0467. The predicted octanol–water partition coefficient (Wildman–Crippen LogP) is 2.88. The van der Waals surface area contributed by atoms with Crippen LogP contribution in [-0.2, 0) is 16.0 Å². The van der Waals surface area contributed by atoms with Crippen LogP contribution < -0.4 is 10.6 Å². The van der Waals surface area contributed by atoms with Crippen molar-refractivity contribution in [3.8, 4) is 0 Å². The highest BCUT2D eigenvalue weighted by atomic mass is 32.1. The van der Waals surface area contributed by atoms with Crippen LogP contribution in [0.1, 0.15) is 35.8 Å². The Morgan fingerprint density at radius 2 is 2.17 bits per heavy atom. The summed E-state index contributed by atoms with van der Waals surface area (Å²) in [6.45, 7) is 1.43. The van der Waals surface area contributed by atoms with Crippen LogP contribution in [0.2, 0.25) is 0 Å². The number of thiazole rings is 1. The molecule has 0 bridgehead atoms. The van der Waals surface area contributed by atoms with Gasteiger partial charge in [0.15, 0.2) is 10.9 Å². The van der Waals surface area contributed by atoms with Gasteiger partial charge in [-0.15, -0.1) is 11.3 Å². The quantitative estimate of drug-likeness (QED) is 0.817. The number of nitrogens with one attached hydrogen (secondary N) is 2. The second kappa shape index (κ2) is 6.92. The first-order valence-electron chi connectivity index (χ1n) is 7.68. The van der Waals surface area contributed by atoms with Crippen LogP contribution in [0.4, 0.5) is 10.8 Å². The van der Waals surface area contributed by atoms with Crippen molar-refractivity contribution in [3.63, 3.8) is 0 Å². The van der Waals surface area contributed by atoms with Gasteiger partial charge in [-0.25, -0.2) is 4.98 Å². The summed E-state index contributed by atoms with van der Waals surface area (Å²) in [5.74, 6) is -0.597. The molecule has 0 saturated heterocycles. The molecule has 2 N–H and O–H groups in total. The third-order valence-electron chi connectivity index (χ3n) is 3.94. The lowest BCUT2D eigenvalue weighted by molar-refractivity contribution is -0.121. The Kier molecular flexibility index (Phi) is 4.71. The Bertz CT molecular complexity index is 800. The summed E-state index contributed by atoms with van der Waals surface area (Å²) in [6, 6.07) is 7.69. The van der Waals surface area contributed by atoms with Crippen molar-refractivity contribution in [2.24, 2.45) is 5.92 Å². The van der Waals surface area contributed by atoms with E-state index in [0.717, 1.165) is 11.3 Å². The van der Waals surface area contributed by atoms with Gasteiger partial charge in [0.2, 0.25) is 11.8 Å². The molecule has 2 amide bonds. The molecule has 6 nitrogen and oxygen atoms in total. The zero-order chi connectivity index (χ0) is 17.1. The number of fused-ring (bicyclic) bond motifs is 1. The fourth-order valence-electron chi connectivity index (χ4n) is 2.63. The number of para-hydroxylation sites is 1. The first kappa shape index (κ1) is 16.3. The molecule has 124 valence electrons. The van der Waals surface area contributed by atoms with Gasteiger partial charge in [-0.3, -0.25) is 14.4 Å². The third kappa shape index (κ3) is 3.68. The van der Waals surface area contributed by atoms with Crippen LogP contribution >= 0.6 is 11.3 Å². The van der Waals surface area contributed by atoms with Gasteiger partial charge in [0.05, 0.1) is 0 Å². The topological polar surface area (TPSA) is 88.2 Å². The van der Waals surface area contributed by atoms with Crippen LogP contribution in [0.3, 0.4) is 0 Å². The second-order valence-electron chi connectivity index (χ2n) is 5.73. The van der Waals surface area contributed by atoms with Crippen molar-refractivity contribution in [3.05, 3.63) is 40.9 Å². The number of carbonyl (C=O) groups is 3. The van der Waals surface area contributed by atoms with Crippen molar-refractivity contribution in [2.45, 2.75) is 26.2 Å². The molecule has 3 rings (SSSR count). The van der Waals surface area contributed by atoms with Crippen LogP contribution in [0.5, 0.6) is 0 Å². The summed E-state index contributed by atoms with van der Waals surface area (Å²) in [7, 11) is 0. The number of Topliss-reactive ketones (excluding diaryl/α,β-unsaturated/α-hetero) is 1. The molecule has 1 atom stereocenters. The van der Waals surface area contributed by atoms with Gasteiger partial charge in [0.25, 0.3) is 0 Å². The number of nitrogens with zero attached hydrogens (tertiary/aromatic N) is 1. The minimum atomic E-state index is -0.213. The lowest BCUT2D eigenvalue weighted by Crippen LogP contribution is -2.30. The Morgan fingerprint density at radius 3 is 2.92 bits per heavy atom. The number of benzene rings is 1. The first-order chi connectivity index (χ1) is 11.5. The average molecular weight is 343 g/mol. The van der Waals surface area contributed by atoms with E-state index in [9.17, 15) is 14.4 Å². The molecular weight excluding hydrogens is 326 g/mol. The van der Waals surface area contributed by atoms with Gasteiger partial charge < -0.3 is 10.6 Å². The SMILES string of the molecule is CC(=O)c1csc(NC(=O)CC[C@H]2Cc3ccccc3NC2=O)n1. The highest BCUT2D eigenvalue weighted by Crippen LogP contribution is 2.27. The number of rotatable bonds is 5. The largest absolute Gasteiger partial charge is 0.326 e. The lowest BCUT2D eigenvalue weighted by atomic mass is 9.89. The molecule has 2 heterocycles. The zero-order valence-electron chi connectivity index (χ0n) is 13.2. The maximum absolute atomic E-state index is 12.1. The molecule has 0 spiro atoms. The summed E-state index contributed by atoms with van der Waals surface area (Å²) in [6.07, 6.45) is 1.34. The van der Waals surface area contributed by atoms with Crippen LogP contribution in [0, 0.1) is 5.92 Å². The lowest BCUT2D eigenvalue weighted by Gasteiger charge is -2.24. The monoisotopic (exact) mass is 343 g/mol. The van der Waals surface area contributed by atoms with E-state index >= 15 is 0 Å². The molecule has 2 aromatic rings. The molecule has 0 aliphatic carbocycles. The number of carbonyl (C=O) groups excluding carboxylic acids is 3. The van der Waals surface area contributed by atoms with Crippen molar-refractivity contribution in [2.75, 3.05) is 10.6 Å². The maximum Gasteiger partial charge on any atom is 0.227 e. The standard InChI is InChI=1S/C17H17N3O3S/c1-10(21)14-9-24-17(19-14)20-15(22)7-6-12-8-11-4-2-3-5-13(11)18-16(12)23/h2-5,9,12H,6-8H2,1H3,(H,18,23)(H,19,20,22)/t12-/m0/s1. The van der Waals surface area contributed by atoms with Crippen molar-refractivity contribution in [1.29, 1.82) is 0 Å². The highest BCUT2D eigenvalue weighted by molar-refractivity contribution is 7.14. The van der Waals surface area contributed by atoms with Gasteiger partial charge >= 0.3 is 0 Å². The molecular formula is C17H17N3O3S. The molecule has 1 aliphatic heterocycles. The Labute approximate surface area is 143 Å². The minimum Gasteiger partial charge on any atom is -0.326 e. The average Bonchev–Trinajstić information content (AvgIpc) is 3.01. The molecule has 1 aromatic heterocycles. The smallest absolute Gasteiger partial charge is 0.227 e. The fraction of sp³-hybridized carbons (Fsp3) is 0.294. The molecule has 1 aliphatic rings. The van der Waals surface area contributed by atoms with Gasteiger partial charge in [0, 0.05) is 30.3 Å². The molecule has 0 fully saturated rings. The second-order valence-corrected chi connectivity index (χ2v) is 6.59. The highest BCUT2D eigenvalue weighted by Gasteiger charge is 2.26. The maximum atomic E-state index is 12.1. The Balaban J connectivity index is 1.54. The summed E-state index contributed by atoms with van der Waals surface area (Å²) < 4.78 is 0. The van der Waals surface area contributed by atoms with Gasteiger partial charge in [0.1, 0.15) is 5.69 Å². The van der Waals surface area contributed by atoms with Crippen molar-refractivity contribution < 1.29 is 14.4 Å². The first-order valence-corrected chi connectivity index (χ1v) is 8.56. The molecule has 0 saturated carbocycles. The van der Waals surface area contributed by atoms with E-state index in [1.54, 1.807) is 5.38 Å². The van der Waals surface area contributed by atoms with Gasteiger partial charge in [-0.2, -0.15) is 0 Å². The number of hydrogen-bond acceptors (Lipinski definition) is 5. The van der Waals surface area contributed by atoms with Crippen LogP contribution in [0.15, 0.2) is 29.6 Å². The number of anilines is 2. The van der Waals surface area contributed by atoms with Gasteiger partial charge in [-0.05, 0) is 24.5 Å². The van der Waals surface area contributed by atoms with E-state index in [1.807, 2.05) is 24.3 Å². The van der Waals surface area contributed by atoms with Crippen LogP contribution in [0.25, 0.3) is 0 Å². The zero-order valence-corrected chi connectivity index (χ0v) is 14.0.